The zero-order valence-corrected chi connectivity index (χ0v) is 16.8. The highest BCUT2D eigenvalue weighted by Crippen LogP contribution is 2.24. The third-order valence-corrected chi connectivity index (χ3v) is 4.18. The predicted molar refractivity (Wildman–Crippen MR) is 107 cm³/mol. The molecule has 0 aliphatic rings. The van der Waals surface area contributed by atoms with Gasteiger partial charge in [-0.1, -0.05) is 0 Å². The molecular weight excluding hydrogens is 356 g/mol. The molecule has 1 aromatic carbocycles. The second kappa shape index (κ2) is 10.3. The van der Waals surface area contributed by atoms with Crippen molar-refractivity contribution in [2.24, 2.45) is 0 Å². The summed E-state index contributed by atoms with van der Waals surface area (Å²) in [6.45, 7) is 9.34. The number of aromatic nitrogens is 1. The standard InChI is InChI=1S/C22H26N2O4/c1-5-26-11-12-28-22(25)19(15-23)14-18-13-16(3)24(17(18)4)20-7-9-21(10-8-20)27-6-2/h7-10,13-14H,5-6,11-12H2,1-4H3/b19-14+. The van der Waals surface area contributed by atoms with Gasteiger partial charge in [-0.15, -0.1) is 0 Å². The van der Waals surface area contributed by atoms with Gasteiger partial charge < -0.3 is 18.8 Å². The van der Waals surface area contributed by atoms with Crippen LogP contribution in [-0.2, 0) is 14.3 Å². The smallest absolute Gasteiger partial charge is 0.348 e. The van der Waals surface area contributed by atoms with Gasteiger partial charge in [0.1, 0.15) is 24.0 Å². The maximum atomic E-state index is 12.1. The van der Waals surface area contributed by atoms with Gasteiger partial charge in [0.25, 0.3) is 0 Å². The third-order valence-electron chi connectivity index (χ3n) is 4.18. The monoisotopic (exact) mass is 382 g/mol. The maximum absolute atomic E-state index is 12.1. The Hall–Kier alpha value is -3.04. The molecule has 1 heterocycles. The van der Waals surface area contributed by atoms with Gasteiger partial charge >= 0.3 is 5.97 Å². The van der Waals surface area contributed by atoms with E-state index < -0.39 is 5.97 Å². The number of esters is 1. The molecule has 0 N–H and O–H groups in total. The maximum Gasteiger partial charge on any atom is 0.348 e. The number of carbonyl (C=O) groups excluding carboxylic acids is 1. The SMILES string of the molecule is CCOCCOC(=O)/C(C#N)=C/c1cc(C)n(-c2ccc(OCC)cc2)c1C. The van der Waals surface area contributed by atoms with E-state index in [0.29, 0.717) is 19.8 Å². The molecule has 6 heteroatoms. The topological polar surface area (TPSA) is 73.5 Å². The van der Waals surface area contributed by atoms with E-state index in [0.717, 1.165) is 28.4 Å². The molecule has 0 bridgehead atoms. The quantitative estimate of drug-likeness (QED) is 0.284. The second-order valence-electron chi connectivity index (χ2n) is 6.09. The minimum absolute atomic E-state index is 0.0385. The largest absolute Gasteiger partial charge is 0.494 e. The van der Waals surface area contributed by atoms with Crippen molar-refractivity contribution in [3.8, 4) is 17.5 Å². The number of benzene rings is 1. The molecule has 148 valence electrons. The molecular formula is C22H26N2O4. The lowest BCUT2D eigenvalue weighted by Crippen LogP contribution is -2.12. The molecule has 0 amide bonds. The highest BCUT2D eigenvalue weighted by Gasteiger charge is 2.15. The Morgan fingerprint density at radius 1 is 1.14 bits per heavy atom. The lowest BCUT2D eigenvalue weighted by Gasteiger charge is -2.11. The van der Waals surface area contributed by atoms with E-state index in [1.165, 1.54) is 0 Å². The minimum atomic E-state index is -0.645. The average Bonchev–Trinajstić information content (AvgIpc) is 2.97. The zero-order chi connectivity index (χ0) is 20.5. The Morgan fingerprint density at radius 3 is 2.46 bits per heavy atom. The number of nitriles is 1. The molecule has 0 aliphatic carbocycles. The van der Waals surface area contributed by atoms with Gasteiger partial charge in [-0.2, -0.15) is 5.26 Å². The van der Waals surface area contributed by atoms with Gasteiger partial charge in [0.15, 0.2) is 0 Å². The number of aryl methyl sites for hydroxylation is 1. The van der Waals surface area contributed by atoms with Gasteiger partial charge in [0.2, 0.25) is 0 Å². The molecule has 0 spiro atoms. The van der Waals surface area contributed by atoms with E-state index in [9.17, 15) is 10.1 Å². The molecule has 2 rings (SSSR count). The normalized spacial score (nSPS) is 11.2. The zero-order valence-electron chi connectivity index (χ0n) is 16.8. The first-order valence-electron chi connectivity index (χ1n) is 9.30. The summed E-state index contributed by atoms with van der Waals surface area (Å²) < 4.78 is 17.8. The Morgan fingerprint density at radius 2 is 1.86 bits per heavy atom. The Kier molecular flexibility index (Phi) is 7.85. The molecule has 6 nitrogen and oxygen atoms in total. The van der Waals surface area contributed by atoms with Crippen LogP contribution in [0.25, 0.3) is 11.8 Å². The summed E-state index contributed by atoms with van der Waals surface area (Å²) in [4.78, 5) is 12.1. The summed E-state index contributed by atoms with van der Waals surface area (Å²) in [5.74, 6) is 0.170. The van der Waals surface area contributed by atoms with E-state index in [1.807, 2.05) is 64.1 Å². The molecule has 0 saturated heterocycles. The van der Waals surface area contributed by atoms with E-state index in [-0.39, 0.29) is 12.2 Å². The van der Waals surface area contributed by atoms with Gasteiger partial charge in [-0.25, -0.2) is 4.79 Å². The van der Waals surface area contributed by atoms with Crippen LogP contribution in [0, 0.1) is 25.2 Å². The molecule has 0 saturated carbocycles. The van der Waals surface area contributed by atoms with Crippen molar-refractivity contribution in [1.82, 2.24) is 4.57 Å². The van der Waals surface area contributed by atoms with Crippen molar-refractivity contribution in [3.05, 3.63) is 52.9 Å². The molecule has 1 aromatic heterocycles. The van der Waals surface area contributed by atoms with Crippen LogP contribution in [-0.4, -0.2) is 37.0 Å². The summed E-state index contributed by atoms with van der Waals surface area (Å²) in [6.07, 6.45) is 1.57. The fraction of sp³-hybridized carbons (Fsp3) is 0.364. The highest BCUT2D eigenvalue weighted by molar-refractivity contribution is 5.98. The number of nitrogens with zero attached hydrogens (tertiary/aromatic N) is 2. The molecule has 2 aromatic rings. The fourth-order valence-corrected chi connectivity index (χ4v) is 2.90. The number of carbonyl (C=O) groups is 1. The van der Waals surface area contributed by atoms with Crippen molar-refractivity contribution < 1.29 is 19.0 Å². The molecule has 0 fully saturated rings. The Labute approximate surface area is 165 Å². The van der Waals surface area contributed by atoms with Crippen LogP contribution in [0.4, 0.5) is 0 Å². The molecule has 0 radical (unpaired) electrons. The number of rotatable bonds is 9. The van der Waals surface area contributed by atoms with E-state index in [2.05, 4.69) is 4.57 Å². The van der Waals surface area contributed by atoms with Crippen LogP contribution < -0.4 is 4.74 Å². The summed E-state index contributed by atoms with van der Waals surface area (Å²) in [5.41, 5.74) is 3.66. The second-order valence-corrected chi connectivity index (χ2v) is 6.09. The van der Waals surface area contributed by atoms with Crippen molar-refractivity contribution in [2.75, 3.05) is 26.4 Å². The third kappa shape index (κ3) is 5.24. The van der Waals surface area contributed by atoms with Crippen LogP contribution >= 0.6 is 0 Å². The highest BCUT2D eigenvalue weighted by atomic mass is 16.6. The predicted octanol–water partition coefficient (Wildman–Crippen LogP) is 3.98. The number of hydrogen-bond acceptors (Lipinski definition) is 5. The van der Waals surface area contributed by atoms with Crippen LogP contribution in [0.5, 0.6) is 5.75 Å². The van der Waals surface area contributed by atoms with Gasteiger partial charge in [0, 0.05) is 23.7 Å². The van der Waals surface area contributed by atoms with Gasteiger partial charge in [-0.3, -0.25) is 0 Å². The van der Waals surface area contributed by atoms with Gasteiger partial charge in [0.05, 0.1) is 13.2 Å². The van der Waals surface area contributed by atoms with E-state index in [4.69, 9.17) is 14.2 Å². The summed E-state index contributed by atoms with van der Waals surface area (Å²) in [7, 11) is 0. The fourth-order valence-electron chi connectivity index (χ4n) is 2.90. The van der Waals surface area contributed by atoms with Crippen LogP contribution in [0.2, 0.25) is 0 Å². The van der Waals surface area contributed by atoms with Crippen molar-refractivity contribution in [3.63, 3.8) is 0 Å². The molecule has 28 heavy (non-hydrogen) atoms. The van der Waals surface area contributed by atoms with Crippen molar-refractivity contribution >= 4 is 12.0 Å². The summed E-state index contributed by atoms with van der Waals surface area (Å²) in [5, 5.41) is 9.35. The van der Waals surface area contributed by atoms with Crippen LogP contribution in [0.3, 0.4) is 0 Å². The average molecular weight is 382 g/mol. The number of ether oxygens (including phenoxy) is 3. The Bertz CT molecular complexity index is 873. The first-order chi connectivity index (χ1) is 13.5. The van der Waals surface area contributed by atoms with Crippen molar-refractivity contribution in [2.45, 2.75) is 27.7 Å². The lowest BCUT2D eigenvalue weighted by molar-refractivity contribution is -0.139. The number of hydrogen-bond donors (Lipinski definition) is 0. The first-order valence-corrected chi connectivity index (χ1v) is 9.30. The van der Waals surface area contributed by atoms with E-state index in [1.54, 1.807) is 6.08 Å². The van der Waals surface area contributed by atoms with Gasteiger partial charge in [-0.05, 0) is 69.7 Å². The Balaban J connectivity index is 2.24. The lowest BCUT2D eigenvalue weighted by atomic mass is 10.1. The van der Waals surface area contributed by atoms with E-state index >= 15 is 0 Å². The van der Waals surface area contributed by atoms with Crippen LogP contribution in [0.1, 0.15) is 30.8 Å². The first kappa shape index (κ1) is 21.3. The molecule has 0 unspecified atom stereocenters. The molecule has 0 aliphatic heterocycles. The summed E-state index contributed by atoms with van der Waals surface area (Å²) >= 11 is 0. The van der Waals surface area contributed by atoms with Crippen molar-refractivity contribution in [1.29, 1.82) is 5.26 Å². The minimum Gasteiger partial charge on any atom is -0.494 e. The summed E-state index contributed by atoms with van der Waals surface area (Å²) in [6, 6.07) is 11.7. The van der Waals surface area contributed by atoms with Crippen LogP contribution in [0.15, 0.2) is 35.9 Å². The molecule has 0 atom stereocenters.